The second-order valence-electron chi connectivity index (χ2n) is 8.48. The molecular weight excluding hydrogens is 409 g/mol. The Morgan fingerprint density at radius 3 is 2.53 bits per heavy atom. The maximum Gasteiger partial charge on any atom is 0.225 e. The van der Waals surface area contributed by atoms with Gasteiger partial charge in [-0.15, -0.1) is 0 Å². The molecule has 0 amide bonds. The lowest BCUT2D eigenvalue weighted by molar-refractivity contribution is 0.347. The molecule has 0 aliphatic heterocycles. The van der Waals surface area contributed by atoms with E-state index >= 15 is 0 Å². The lowest BCUT2D eigenvalue weighted by Gasteiger charge is -2.30. The van der Waals surface area contributed by atoms with E-state index in [4.69, 9.17) is 14.7 Å². The van der Waals surface area contributed by atoms with Crippen LogP contribution in [0.15, 0.2) is 36.4 Å². The molecule has 1 aromatic heterocycles. The van der Waals surface area contributed by atoms with Crippen LogP contribution in [0.3, 0.4) is 0 Å². The van der Waals surface area contributed by atoms with Crippen LogP contribution in [0.25, 0.3) is 10.9 Å². The molecule has 0 spiro atoms. The number of nitrogens with one attached hydrogen (secondary N) is 2. The molecule has 3 aromatic rings. The molecule has 1 aliphatic rings. The van der Waals surface area contributed by atoms with Crippen LogP contribution in [0.1, 0.15) is 31.2 Å². The van der Waals surface area contributed by atoms with E-state index in [0.717, 1.165) is 48.0 Å². The van der Waals surface area contributed by atoms with E-state index in [1.807, 2.05) is 43.3 Å². The Bertz CT molecular complexity index is 1080. The highest BCUT2D eigenvalue weighted by Gasteiger charge is 2.22. The first-order valence-corrected chi connectivity index (χ1v) is 10.9. The first kappa shape index (κ1) is 22.1. The Balaban J connectivity index is 1.34. The fraction of sp³-hybridized carbons (Fsp3) is 0.417. The average Bonchev–Trinajstić information content (AvgIpc) is 2.80. The second kappa shape index (κ2) is 9.56. The highest BCUT2D eigenvalue weighted by atomic mass is 19.1. The topological polar surface area (TPSA) is 82.5 Å². The van der Waals surface area contributed by atoms with Crippen LogP contribution in [0, 0.1) is 5.82 Å². The Kier molecular flexibility index (Phi) is 6.60. The van der Waals surface area contributed by atoms with Crippen molar-refractivity contribution in [1.82, 2.24) is 15.3 Å². The van der Waals surface area contributed by atoms with Crippen LogP contribution in [-0.4, -0.2) is 48.4 Å². The molecule has 1 heterocycles. The van der Waals surface area contributed by atoms with Gasteiger partial charge >= 0.3 is 0 Å². The molecular formula is C24H30FN5O2. The predicted octanol–water partition coefficient (Wildman–Crippen LogP) is 4.06. The lowest BCUT2D eigenvalue weighted by Crippen LogP contribution is -2.37. The van der Waals surface area contributed by atoms with Crippen molar-refractivity contribution >= 4 is 22.7 Å². The SMILES string of the molecule is COc1cc(CNC2CCC(Nc3nc(N(C)C)c4ccccc4n3)CC2)cc(F)c1O. The summed E-state index contributed by atoms with van der Waals surface area (Å²) in [5.74, 6) is 0.611. The number of nitrogens with zero attached hydrogens (tertiary/aromatic N) is 3. The van der Waals surface area contributed by atoms with Gasteiger partial charge in [0.1, 0.15) is 5.82 Å². The maximum atomic E-state index is 13.8. The lowest BCUT2D eigenvalue weighted by atomic mass is 9.91. The minimum atomic E-state index is -0.665. The van der Waals surface area contributed by atoms with Crippen molar-refractivity contribution in [2.24, 2.45) is 0 Å². The number of hydrogen-bond donors (Lipinski definition) is 3. The van der Waals surface area contributed by atoms with Crippen molar-refractivity contribution < 1.29 is 14.2 Å². The number of ether oxygens (including phenoxy) is 1. The summed E-state index contributed by atoms with van der Waals surface area (Å²) < 4.78 is 18.9. The van der Waals surface area contributed by atoms with Crippen LogP contribution in [0.4, 0.5) is 16.2 Å². The van der Waals surface area contributed by atoms with Crippen molar-refractivity contribution in [2.45, 2.75) is 44.3 Å². The van der Waals surface area contributed by atoms with Crippen LogP contribution in [-0.2, 0) is 6.54 Å². The van der Waals surface area contributed by atoms with Gasteiger partial charge in [-0.1, -0.05) is 12.1 Å². The molecule has 0 bridgehead atoms. The summed E-state index contributed by atoms with van der Waals surface area (Å²) in [6.07, 6.45) is 4.00. The summed E-state index contributed by atoms with van der Waals surface area (Å²) in [5, 5.41) is 17.7. The van der Waals surface area contributed by atoms with E-state index in [1.165, 1.54) is 13.2 Å². The van der Waals surface area contributed by atoms with Gasteiger partial charge in [-0.3, -0.25) is 0 Å². The highest BCUT2D eigenvalue weighted by Crippen LogP contribution is 2.30. The zero-order valence-corrected chi connectivity index (χ0v) is 18.7. The number of fused-ring (bicyclic) bond motifs is 1. The molecule has 1 aliphatic carbocycles. The summed E-state index contributed by atoms with van der Waals surface area (Å²) in [6.45, 7) is 0.524. The summed E-state index contributed by atoms with van der Waals surface area (Å²) in [5.41, 5.74) is 1.68. The Labute approximate surface area is 187 Å². The minimum Gasteiger partial charge on any atom is -0.502 e. The van der Waals surface area contributed by atoms with Gasteiger partial charge in [0.05, 0.1) is 12.6 Å². The predicted molar refractivity (Wildman–Crippen MR) is 125 cm³/mol. The van der Waals surface area contributed by atoms with Crippen molar-refractivity contribution in [3.8, 4) is 11.5 Å². The number of hydrogen-bond acceptors (Lipinski definition) is 7. The van der Waals surface area contributed by atoms with E-state index in [2.05, 4.69) is 10.6 Å². The zero-order valence-electron chi connectivity index (χ0n) is 18.7. The third kappa shape index (κ3) is 4.85. The summed E-state index contributed by atoms with van der Waals surface area (Å²) in [7, 11) is 5.40. The van der Waals surface area contributed by atoms with Gasteiger partial charge in [0.15, 0.2) is 17.3 Å². The van der Waals surface area contributed by atoms with Gasteiger partial charge in [-0.25, -0.2) is 9.37 Å². The van der Waals surface area contributed by atoms with Crippen molar-refractivity contribution in [1.29, 1.82) is 0 Å². The normalized spacial score (nSPS) is 18.5. The van der Waals surface area contributed by atoms with E-state index in [-0.39, 0.29) is 5.75 Å². The molecule has 1 saturated carbocycles. The molecule has 0 radical (unpaired) electrons. The standard InChI is InChI=1S/C24H30FN5O2/c1-30(2)23-18-6-4-5-7-20(18)28-24(29-23)27-17-10-8-16(9-11-17)26-14-15-12-19(25)22(31)21(13-15)32-3/h4-7,12-13,16-17,26,31H,8-11,14H2,1-3H3,(H,27,28,29). The number of methoxy groups -OCH3 is 1. The molecule has 0 saturated heterocycles. The number of aromatic hydroxyl groups is 1. The van der Waals surface area contributed by atoms with Gasteiger partial charge < -0.3 is 25.4 Å². The molecule has 0 atom stereocenters. The number of phenolic OH excluding ortho intramolecular Hbond substituents is 1. The molecule has 7 nitrogen and oxygen atoms in total. The molecule has 0 unspecified atom stereocenters. The van der Waals surface area contributed by atoms with Crippen LogP contribution >= 0.6 is 0 Å². The first-order valence-electron chi connectivity index (χ1n) is 10.9. The molecule has 4 rings (SSSR count). The summed E-state index contributed by atoms with van der Waals surface area (Å²) in [4.78, 5) is 11.5. The molecule has 2 aromatic carbocycles. The second-order valence-corrected chi connectivity index (χ2v) is 8.48. The Morgan fingerprint density at radius 1 is 1.09 bits per heavy atom. The molecule has 1 fully saturated rings. The van der Waals surface area contributed by atoms with Gasteiger partial charge in [0, 0.05) is 38.1 Å². The third-order valence-corrected chi connectivity index (χ3v) is 5.97. The van der Waals surface area contributed by atoms with Gasteiger partial charge in [-0.2, -0.15) is 4.98 Å². The third-order valence-electron chi connectivity index (χ3n) is 5.97. The largest absolute Gasteiger partial charge is 0.502 e. The molecule has 170 valence electrons. The fourth-order valence-corrected chi connectivity index (χ4v) is 4.24. The number of phenols is 1. The van der Waals surface area contributed by atoms with E-state index in [0.29, 0.717) is 24.6 Å². The smallest absolute Gasteiger partial charge is 0.225 e. The molecule has 8 heteroatoms. The molecule has 3 N–H and O–H groups in total. The van der Waals surface area contributed by atoms with Crippen LogP contribution in [0.5, 0.6) is 11.5 Å². The number of para-hydroxylation sites is 1. The van der Waals surface area contributed by atoms with Crippen molar-refractivity contribution in [3.05, 3.63) is 47.8 Å². The number of halogens is 1. The summed E-state index contributed by atoms with van der Waals surface area (Å²) in [6, 6.07) is 11.7. The van der Waals surface area contributed by atoms with Crippen molar-refractivity contribution in [2.75, 3.05) is 31.4 Å². The minimum absolute atomic E-state index is 0.155. The van der Waals surface area contributed by atoms with Gasteiger partial charge in [-0.05, 0) is 55.5 Å². The van der Waals surface area contributed by atoms with Gasteiger partial charge in [0.2, 0.25) is 5.95 Å². The first-order chi connectivity index (χ1) is 15.4. The fourth-order valence-electron chi connectivity index (χ4n) is 4.24. The number of anilines is 2. The van der Waals surface area contributed by atoms with Gasteiger partial charge in [0.25, 0.3) is 0 Å². The monoisotopic (exact) mass is 439 g/mol. The summed E-state index contributed by atoms with van der Waals surface area (Å²) >= 11 is 0. The Morgan fingerprint density at radius 2 is 1.81 bits per heavy atom. The zero-order chi connectivity index (χ0) is 22.7. The highest BCUT2D eigenvalue weighted by molar-refractivity contribution is 5.90. The van der Waals surface area contributed by atoms with Crippen molar-refractivity contribution in [3.63, 3.8) is 0 Å². The van der Waals surface area contributed by atoms with E-state index < -0.39 is 11.6 Å². The molecule has 32 heavy (non-hydrogen) atoms. The maximum absolute atomic E-state index is 13.8. The Hall–Kier alpha value is -3.13. The number of benzene rings is 2. The number of aromatic nitrogens is 2. The number of rotatable bonds is 7. The van der Waals surface area contributed by atoms with E-state index in [1.54, 1.807) is 6.07 Å². The quantitative estimate of drug-likeness (QED) is 0.512. The van der Waals surface area contributed by atoms with Crippen LogP contribution < -0.4 is 20.3 Å². The van der Waals surface area contributed by atoms with E-state index in [9.17, 15) is 9.50 Å². The average molecular weight is 440 g/mol. The van der Waals surface area contributed by atoms with Crippen LogP contribution in [0.2, 0.25) is 0 Å².